The van der Waals surface area contributed by atoms with Crippen molar-refractivity contribution >= 4 is 40.6 Å². The molecule has 3 heterocycles. The minimum absolute atomic E-state index is 0.0300. The maximum atomic E-state index is 13.2. The summed E-state index contributed by atoms with van der Waals surface area (Å²) in [5.74, 6) is -1.39. The number of nitrogens with zero attached hydrogens (tertiary/aromatic N) is 5. The third-order valence-corrected chi connectivity index (χ3v) is 7.35. The first-order chi connectivity index (χ1) is 19.3. The van der Waals surface area contributed by atoms with E-state index in [-0.39, 0.29) is 11.8 Å². The Balaban J connectivity index is 1.40. The summed E-state index contributed by atoms with van der Waals surface area (Å²) in [4.78, 5) is 53.3. The molecule has 5 rings (SSSR count). The zero-order valence-electron chi connectivity index (χ0n) is 22.8. The third-order valence-electron chi connectivity index (χ3n) is 7.35. The number of pyridine rings is 1. The molecule has 10 nitrogen and oxygen atoms in total. The number of amides is 2. The highest BCUT2D eigenvalue weighted by Gasteiger charge is 2.36. The molecule has 1 aromatic heterocycles. The Labute approximate surface area is 233 Å². The number of anilines is 2. The summed E-state index contributed by atoms with van der Waals surface area (Å²) < 4.78 is 4.82. The normalized spacial score (nSPS) is 17.7. The number of aromatic nitrogens is 1. The number of methoxy groups -OCH3 is 1. The van der Waals surface area contributed by atoms with Crippen LogP contribution in [0.2, 0.25) is 0 Å². The SMILES string of the molecule is COC(=O)c1ccc2c(c1)NC(=O)C2C(=Nc1ccc(N(C)C(=O)CN2CCN(C)CC2)cc1)c1cccnc1. The van der Waals surface area contributed by atoms with Crippen LogP contribution in [-0.4, -0.2) is 92.2 Å². The van der Waals surface area contributed by atoms with Crippen LogP contribution in [0.5, 0.6) is 0 Å². The average molecular weight is 541 g/mol. The third kappa shape index (κ3) is 5.78. The zero-order valence-corrected chi connectivity index (χ0v) is 22.8. The molecule has 1 saturated heterocycles. The number of fused-ring (bicyclic) bond motifs is 1. The van der Waals surface area contributed by atoms with Crippen LogP contribution in [0.4, 0.5) is 17.1 Å². The van der Waals surface area contributed by atoms with Gasteiger partial charge in [0.05, 0.1) is 30.6 Å². The number of rotatable bonds is 7. The largest absolute Gasteiger partial charge is 0.465 e. The molecule has 2 aliphatic rings. The molecule has 1 unspecified atom stereocenters. The van der Waals surface area contributed by atoms with Gasteiger partial charge in [0.15, 0.2) is 0 Å². The highest BCUT2D eigenvalue weighted by atomic mass is 16.5. The maximum absolute atomic E-state index is 13.2. The lowest BCUT2D eigenvalue weighted by molar-refractivity contribution is -0.120. The molecule has 0 spiro atoms. The summed E-state index contributed by atoms with van der Waals surface area (Å²) in [7, 11) is 5.19. The van der Waals surface area contributed by atoms with Crippen molar-refractivity contribution in [3.05, 3.63) is 83.7 Å². The molecular formula is C30H32N6O4. The zero-order chi connectivity index (χ0) is 28.2. The van der Waals surface area contributed by atoms with Gasteiger partial charge in [0, 0.05) is 62.6 Å². The van der Waals surface area contributed by atoms with E-state index >= 15 is 0 Å². The number of carbonyl (C=O) groups excluding carboxylic acids is 3. The first-order valence-electron chi connectivity index (χ1n) is 13.1. The summed E-state index contributed by atoms with van der Waals surface area (Å²) in [6, 6.07) is 16.0. The van der Waals surface area contributed by atoms with Gasteiger partial charge in [-0.1, -0.05) is 12.1 Å². The van der Waals surface area contributed by atoms with Crippen LogP contribution >= 0.6 is 0 Å². The van der Waals surface area contributed by atoms with Gasteiger partial charge in [-0.15, -0.1) is 0 Å². The minimum Gasteiger partial charge on any atom is -0.465 e. The van der Waals surface area contributed by atoms with E-state index in [1.54, 1.807) is 48.6 Å². The molecule has 3 aromatic rings. The van der Waals surface area contributed by atoms with E-state index in [2.05, 4.69) is 27.1 Å². The molecule has 0 saturated carbocycles. The monoisotopic (exact) mass is 540 g/mol. The maximum Gasteiger partial charge on any atom is 0.337 e. The quantitative estimate of drug-likeness (QED) is 0.363. The Morgan fingerprint density at radius 3 is 2.50 bits per heavy atom. The smallest absolute Gasteiger partial charge is 0.337 e. The van der Waals surface area contributed by atoms with Crippen molar-refractivity contribution in [1.29, 1.82) is 0 Å². The van der Waals surface area contributed by atoms with Crippen molar-refractivity contribution in [2.24, 2.45) is 4.99 Å². The van der Waals surface area contributed by atoms with Gasteiger partial charge in [0.1, 0.15) is 5.92 Å². The number of aliphatic imine (C=N–C) groups is 1. The number of benzene rings is 2. The lowest BCUT2D eigenvalue weighted by Gasteiger charge is -2.32. The van der Waals surface area contributed by atoms with Gasteiger partial charge in [-0.25, -0.2) is 4.79 Å². The predicted molar refractivity (Wildman–Crippen MR) is 153 cm³/mol. The van der Waals surface area contributed by atoms with Gasteiger partial charge in [0.2, 0.25) is 11.8 Å². The molecule has 10 heteroatoms. The molecule has 2 aromatic carbocycles. The van der Waals surface area contributed by atoms with Crippen molar-refractivity contribution in [3.63, 3.8) is 0 Å². The molecule has 206 valence electrons. The van der Waals surface area contributed by atoms with Crippen LogP contribution in [0.1, 0.15) is 27.4 Å². The predicted octanol–water partition coefficient (Wildman–Crippen LogP) is 2.94. The Morgan fingerprint density at radius 2 is 1.82 bits per heavy atom. The van der Waals surface area contributed by atoms with E-state index < -0.39 is 11.9 Å². The lowest BCUT2D eigenvalue weighted by atomic mass is 9.91. The van der Waals surface area contributed by atoms with E-state index in [4.69, 9.17) is 9.73 Å². The Kier molecular flexibility index (Phi) is 7.99. The molecule has 0 aliphatic carbocycles. The number of esters is 1. The van der Waals surface area contributed by atoms with Gasteiger partial charge in [-0.2, -0.15) is 0 Å². The lowest BCUT2D eigenvalue weighted by Crippen LogP contribution is -2.48. The second-order valence-electron chi connectivity index (χ2n) is 10.0. The second kappa shape index (κ2) is 11.8. The van der Waals surface area contributed by atoms with E-state index in [1.165, 1.54) is 7.11 Å². The fraction of sp³-hybridized carbons (Fsp3) is 0.300. The van der Waals surface area contributed by atoms with Crippen molar-refractivity contribution in [2.75, 3.05) is 64.1 Å². The first kappa shape index (κ1) is 27.2. The van der Waals surface area contributed by atoms with Gasteiger partial charge in [-0.05, 0) is 55.1 Å². The number of nitrogens with one attached hydrogen (secondary N) is 1. The number of likely N-dealkylation sites (N-methyl/N-ethyl adjacent to an activating group) is 2. The van der Waals surface area contributed by atoms with Crippen LogP contribution in [0.3, 0.4) is 0 Å². The molecule has 2 aliphatic heterocycles. The number of hydrogen-bond donors (Lipinski definition) is 1. The van der Waals surface area contributed by atoms with Crippen LogP contribution < -0.4 is 10.2 Å². The van der Waals surface area contributed by atoms with Crippen LogP contribution in [0, 0.1) is 0 Å². The number of hydrogen-bond acceptors (Lipinski definition) is 8. The van der Waals surface area contributed by atoms with Crippen LogP contribution in [0.15, 0.2) is 72.0 Å². The topological polar surface area (TPSA) is 107 Å². The van der Waals surface area contributed by atoms with Crippen molar-refractivity contribution in [1.82, 2.24) is 14.8 Å². The summed E-state index contributed by atoms with van der Waals surface area (Å²) in [5, 5.41) is 2.88. The van der Waals surface area contributed by atoms with E-state index in [0.29, 0.717) is 40.3 Å². The second-order valence-corrected chi connectivity index (χ2v) is 10.0. The summed E-state index contributed by atoms with van der Waals surface area (Å²) in [5.41, 5.74) is 4.24. The Morgan fingerprint density at radius 1 is 1.07 bits per heavy atom. The molecular weight excluding hydrogens is 508 g/mol. The van der Waals surface area contributed by atoms with Crippen molar-refractivity contribution < 1.29 is 19.1 Å². The van der Waals surface area contributed by atoms with Gasteiger partial charge in [-0.3, -0.25) is 24.5 Å². The molecule has 40 heavy (non-hydrogen) atoms. The highest BCUT2D eigenvalue weighted by Crippen LogP contribution is 2.37. The molecule has 1 fully saturated rings. The Bertz CT molecular complexity index is 1430. The van der Waals surface area contributed by atoms with Gasteiger partial charge in [0.25, 0.3) is 0 Å². The van der Waals surface area contributed by atoms with E-state index in [0.717, 1.165) is 31.9 Å². The standard InChI is InChI=1S/C30H32N6O4/c1-34-13-15-36(16-14-34)19-26(37)35(2)23-9-7-22(8-10-23)32-28(21-5-4-12-31-18-21)27-24-11-6-20(30(39)40-3)17-25(24)33-29(27)38/h4-12,17-18,27H,13-16,19H2,1-3H3,(H,33,38). The first-order valence-corrected chi connectivity index (χ1v) is 13.1. The highest BCUT2D eigenvalue weighted by molar-refractivity contribution is 6.24. The van der Waals surface area contributed by atoms with Crippen LogP contribution in [0.25, 0.3) is 0 Å². The summed E-state index contributed by atoms with van der Waals surface area (Å²) >= 11 is 0. The fourth-order valence-corrected chi connectivity index (χ4v) is 4.93. The van der Waals surface area contributed by atoms with Crippen molar-refractivity contribution in [2.45, 2.75) is 5.92 Å². The molecule has 0 radical (unpaired) electrons. The van der Waals surface area contributed by atoms with Gasteiger partial charge < -0.3 is 19.9 Å². The number of piperazine rings is 1. The average Bonchev–Trinajstić information content (AvgIpc) is 3.31. The fourth-order valence-electron chi connectivity index (χ4n) is 4.93. The summed E-state index contributed by atoms with van der Waals surface area (Å²) in [6.45, 7) is 4.05. The minimum atomic E-state index is -0.696. The molecule has 2 amide bonds. The van der Waals surface area contributed by atoms with Crippen molar-refractivity contribution in [3.8, 4) is 0 Å². The van der Waals surface area contributed by atoms with Gasteiger partial charge >= 0.3 is 5.97 Å². The van der Waals surface area contributed by atoms with E-state index in [1.807, 2.05) is 30.3 Å². The summed E-state index contributed by atoms with van der Waals surface area (Å²) in [6.07, 6.45) is 3.34. The molecule has 1 atom stereocenters. The van der Waals surface area contributed by atoms with Crippen LogP contribution in [-0.2, 0) is 14.3 Å². The molecule has 1 N–H and O–H groups in total. The Hall–Kier alpha value is -4.41. The molecule has 0 bridgehead atoms. The van der Waals surface area contributed by atoms with E-state index in [9.17, 15) is 14.4 Å². The number of carbonyl (C=O) groups is 3. The number of ether oxygens (including phenoxy) is 1.